The van der Waals surface area contributed by atoms with Crippen LogP contribution < -0.4 is 0 Å². The van der Waals surface area contributed by atoms with E-state index in [1.807, 2.05) is 12.1 Å². The van der Waals surface area contributed by atoms with Gasteiger partial charge in [0.1, 0.15) is 0 Å². The van der Waals surface area contributed by atoms with Crippen LogP contribution in [0.4, 0.5) is 0 Å². The summed E-state index contributed by atoms with van der Waals surface area (Å²) < 4.78 is 0. The Hall–Kier alpha value is -0.820. The van der Waals surface area contributed by atoms with Gasteiger partial charge < -0.3 is 0 Å². The van der Waals surface area contributed by atoms with Gasteiger partial charge in [0, 0.05) is 0 Å². The number of hydrogen-bond donors (Lipinski definition) is 0. The van der Waals surface area contributed by atoms with Crippen LogP contribution in [-0.4, -0.2) is 0 Å². The van der Waals surface area contributed by atoms with Crippen molar-refractivity contribution in [2.24, 2.45) is 0 Å². The number of fused-ring (bicyclic) bond motifs is 1. The van der Waals surface area contributed by atoms with E-state index < -0.39 is 0 Å². The minimum Gasteiger partial charge on any atom is -0.152 e. The molecule has 0 atom stereocenters. The summed E-state index contributed by atoms with van der Waals surface area (Å²) in [5, 5.41) is 4.21. The van der Waals surface area contributed by atoms with Crippen LogP contribution in [0.25, 0.3) is 11.1 Å². The zero-order valence-electron chi connectivity index (χ0n) is 4.79. The molecule has 1 heterocycles. The third kappa shape index (κ3) is 0.736. The van der Waals surface area contributed by atoms with Crippen molar-refractivity contribution < 1.29 is 0 Å². The first-order chi connectivity index (χ1) is 4.47. The van der Waals surface area contributed by atoms with E-state index in [0.29, 0.717) is 0 Å². The molecular weight excluding hydrogens is 128 g/mol. The van der Waals surface area contributed by atoms with Crippen molar-refractivity contribution in [3.8, 4) is 11.1 Å². The van der Waals surface area contributed by atoms with Crippen molar-refractivity contribution >= 4 is 11.3 Å². The lowest BCUT2D eigenvalue weighted by Crippen LogP contribution is -1.64. The third-order valence-electron chi connectivity index (χ3n) is 1.33. The van der Waals surface area contributed by atoms with Gasteiger partial charge in [-0.2, -0.15) is 11.3 Å². The first-order valence-electron chi connectivity index (χ1n) is 2.79. The molecule has 0 saturated heterocycles. The Kier molecular flexibility index (Phi) is 1.03. The fourth-order valence-electron chi connectivity index (χ4n) is 0.859. The van der Waals surface area contributed by atoms with Crippen molar-refractivity contribution in [2.45, 2.75) is 0 Å². The SMILES string of the molecule is [c]1cc2ccscc-2c1. The van der Waals surface area contributed by atoms with Gasteiger partial charge in [-0.05, 0) is 46.2 Å². The molecule has 1 aliphatic heterocycles. The van der Waals surface area contributed by atoms with E-state index in [1.165, 1.54) is 11.1 Å². The molecule has 2 aliphatic rings. The molecule has 0 spiro atoms. The zero-order valence-corrected chi connectivity index (χ0v) is 5.61. The van der Waals surface area contributed by atoms with Crippen LogP contribution in [0.2, 0.25) is 0 Å². The van der Waals surface area contributed by atoms with Crippen LogP contribution in [-0.2, 0) is 0 Å². The Labute approximate surface area is 58.1 Å². The Morgan fingerprint density at radius 1 is 1.22 bits per heavy atom. The molecule has 9 heavy (non-hydrogen) atoms. The molecule has 2 rings (SSSR count). The molecular formula is C8H5S. The van der Waals surface area contributed by atoms with Crippen molar-refractivity contribution in [1.29, 1.82) is 0 Å². The lowest BCUT2D eigenvalue weighted by molar-refractivity contribution is 1.84. The molecule has 0 N–H and O–H groups in total. The highest BCUT2D eigenvalue weighted by atomic mass is 32.1. The highest BCUT2D eigenvalue weighted by Gasteiger charge is 1.96. The Morgan fingerprint density at radius 2 is 2.11 bits per heavy atom. The molecule has 0 amide bonds. The Morgan fingerprint density at radius 3 is 3.00 bits per heavy atom. The van der Waals surface area contributed by atoms with E-state index >= 15 is 0 Å². The van der Waals surface area contributed by atoms with Gasteiger partial charge in [0.05, 0.1) is 0 Å². The van der Waals surface area contributed by atoms with E-state index in [1.54, 1.807) is 11.3 Å². The van der Waals surface area contributed by atoms with Gasteiger partial charge in [0.15, 0.2) is 0 Å². The maximum atomic E-state index is 3.04. The molecule has 0 nitrogen and oxygen atoms in total. The van der Waals surface area contributed by atoms with Gasteiger partial charge in [-0.15, -0.1) is 0 Å². The van der Waals surface area contributed by atoms with Crippen LogP contribution in [0.5, 0.6) is 0 Å². The molecule has 0 fully saturated rings. The first-order valence-corrected chi connectivity index (χ1v) is 3.73. The Bertz CT molecular complexity index is 245. The average Bonchev–Trinajstić information content (AvgIpc) is 2.33. The quantitative estimate of drug-likeness (QED) is 0.518. The van der Waals surface area contributed by atoms with Crippen LogP contribution in [0.3, 0.4) is 0 Å². The number of hydrogen-bond acceptors (Lipinski definition) is 1. The van der Waals surface area contributed by atoms with Crippen LogP contribution in [0.15, 0.2) is 29.0 Å². The van der Waals surface area contributed by atoms with Gasteiger partial charge in [-0.25, -0.2) is 0 Å². The van der Waals surface area contributed by atoms with Crippen molar-refractivity contribution in [3.05, 3.63) is 35.0 Å². The summed E-state index contributed by atoms with van der Waals surface area (Å²) in [5.74, 6) is 0. The predicted molar refractivity (Wildman–Crippen MR) is 39.8 cm³/mol. The Balaban J connectivity index is 2.79. The molecule has 1 aliphatic carbocycles. The van der Waals surface area contributed by atoms with Gasteiger partial charge in [0.25, 0.3) is 0 Å². The maximum absolute atomic E-state index is 3.04. The van der Waals surface area contributed by atoms with Crippen LogP contribution in [0, 0.1) is 6.07 Å². The lowest BCUT2D eigenvalue weighted by Gasteiger charge is -1.91. The second kappa shape index (κ2) is 1.85. The largest absolute Gasteiger partial charge is 0.152 e. The van der Waals surface area contributed by atoms with Gasteiger partial charge in [0.2, 0.25) is 0 Å². The molecule has 1 radical (unpaired) electrons. The monoisotopic (exact) mass is 133 g/mol. The maximum Gasteiger partial charge on any atom is -0.00148 e. The summed E-state index contributed by atoms with van der Waals surface area (Å²) in [6.07, 6.45) is 0. The summed E-state index contributed by atoms with van der Waals surface area (Å²) in [6.45, 7) is 0. The summed E-state index contributed by atoms with van der Waals surface area (Å²) in [6, 6.07) is 9.16. The summed E-state index contributed by atoms with van der Waals surface area (Å²) >= 11 is 1.72. The van der Waals surface area contributed by atoms with Gasteiger partial charge in [-0.1, -0.05) is 0 Å². The van der Waals surface area contributed by atoms with Crippen molar-refractivity contribution in [1.82, 2.24) is 0 Å². The standard InChI is InChI=1S/C8H5S/c1-2-7-4-5-9-6-8(7)3-1/h2-6H. The fraction of sp³-hybridized carbons (Fsp3) is 0. The molecule has 0 unspecified atom stereocenters. The molecule has 43 valence electrons. The third-order valence-corrected chi connectivity index (χ3v) is 2.02. The topological polar surface area (TPSA) is 0 Å². The summed E-state index contributed by atoms with van der Waals surface area (Å²) in [5.41, 5.74) is 2.58. The fourth-order valence-corrected chi connectivity index (χ4v) is 1.51. The zero-order chi connectivity index (χ0) is 6.10. The van der Waals surface area contributed by atoms with Crippen molar-refractivity contribution in [2.75, 3.05) is 0 Å². The minimum atomic E-state index is 1.29. The molecule has 0 bridgehead atoms. The van der Waals surface area contributed by atoms with Gasteiger partial charge >= 0.3 is 0 Å². The molecule has 1 heteroatoms. The van der Waals surface area contributed by atoms with Gasteiger partial charge in [-0.3, -0.25) is 0 Å². The summed E-state index contributed by atoms with van der Waals surface area (Å²) in [4.78, 5) is 0. The highest BCUT2D eigenvalue weighted by Crippen LogP contribution is 2.22. The van der Waals surface area contributed by atoms with Crippen LogP contribution >= 0.6 is 11.3 Å². The van der Waals surface area contributed by atoms with Crippen molar-refractivity contribution in [3.63, 3.8) is 0 Å². The van der Waals surface area contributed by atoms with E-state index in [0.717, 1.165) is 0 Å². The minimum absolute atomic E-state index is 1.29. The number of rotatable bonds is 0. The van der Waals surface area contributed by atoms with E-state index in [9.17, 15) is 0 Å². The molecule has 0 saturated carbocycles. The molecule has 0 aromatic heterocycles. The highest BCUT2D eigenvalue weighted by molar-refractivity contribution is 7.07. The lowest BCUT2D eigenvalue weighted by atomic mass is 10.2. The molecule has 0 aromatic carbocycles. The van der Waals surface area contributed by atoms with E-state index in [4.69, 9.17) is 0 Å². The molecule has 0 aromatic rings. The average molecular weight is 133 g/mol. The van der Waals surface area contributed by atoms with E-state index in [2.05, 4.69) is 22.9 Å². The second-order valence-electron chi connectivity index (χ2n) is 1.92. The predicted octanol–water partition coefficient (Wildman–Crippen LogP) is 2.65. The smallest absolute Gasteiger partial charge is 0.00148 e. The summed E-state index contributed by atoms with van der Waals surface area (Å²) in [7, 11) is 0. The second-order valence-corrected chi connectivity index (χ2v) is 2.70. The first kappa shape index (κ1) is 5.00. The van der Waals surface area contributed by atoms with Crippen LogP contribution in [0.1, 0.15) is 0 Å². The normalized spacial score (nSPS) is 10.2. The van der Waals surface area contributed by atoms with E-state index in [-0.39, 0.29) is 0 Å².